The van der Waals surface area contributed by atoms with Gasteiger partial charge in [-0.3, -0.25) is 0 Å². The van der Waals surface area contributed by atoms with Crippen LogP contribution in [0, 0.1) is 5.82 Å². The average molecular weight is 244 g/mol. The largest absolute Gasteiger partial charge is 0.478 e. The van der Waals surface area contributed by atoms with E-state index < -0.39 is 11.8 Å². The molecule has 16 heavy (non-hydrogen) atoms. The Hall–Kier alpha value is -1.39. The summed E-state index contributed by atoms with van der Waals surface area (Å²) in [6, 6.07) is 4.45. The summed E-state index contributed by atoms with van der Waals surface area (Å²) in [6.45, 7) is 0.936. The average Bonchev–Trinajstić information content (AvgIpc) is 2.22. The van der Waals surface area contributed by atoms with E-state index in [1.165, 1.54) is 18.2 Å². The number of carboxylic acid groups (broad SMARTS) is 1. The molecule has 0 radical (unpaired) electrons. The highest BCUT2D eigenvalue weighted by Gasteiger charge is 1.99. The predicted molar refractivity (Wildman–Crippen MR) is 59.9 cm³/mol. The molecule has 0 atom stereocenters. The lowest BCUT2D eigenvalue weighted by atomic mass is 10.2. The van der Waals surface area contributed by atoms with Gasteiger partial charge in [-0.15, -0.1) is 0 Å². The van der Waals surface area contributed by atoms with Crippen LogP contribution in [0.5, 0.6) is 0 Å². The first-order valence-electron chi connectivity index (χ1n) is 4.63. The fourth-order valence-electron chi connectivity index (χ4n) is 1.11. The fraction of sp³-hybridized carbons (Fsp3) is 0.182. The molecule has 0 saturated heterocycles. The number of aliphatic carboxylic acids is 1. The van der Waals surface area contributed by atoms with Gasteiger partial charge in [0, 0.05) is 19.2 Å². The SMILES string of the molecule is O=C(O)/C=C/CNCc1ccc(F)c(Cl)c1. The van der Waals surface area contributed by atoms with Crippen LogP contribution in [-0.4, -0.2) is 17.6 Å². The summed E-state index contributed by atoms with van der Waals surface area (Å²) in [5, 5.41) is 11.4. The van der Waals surface area contributed by atoms with Gasteiger partial charge in [-0.05, 0) is 17.7 Å². The van der Waals surface area contributed by atoms with Gasteiger partial charge >= 0.3 is 5.97 Å². The molecule has 0 aromatic heterocycles. The molecule has 0 spiro atoms. The molecule has 1 aromatic carbocycles. The van der Waals surface area contributed by atoms with Crippen LogP contribution in [0.1, 0.15) is 5.56 Å². The van der Waals surface area contributed by atoms with Gasteiger partial charge < -0.3 is 10.4 Å². The standard InChI is InChI=1S/C11H11ClFNO2/c12-9-6-8(3-4-10(9)13)7-14-5-1-2-11(15)16/h1-4,6,14H,5,7H2,(H,15,16)/b2-1+. The molecule has 2 N–H and O–H groups in total. The molecule has 5 heteroatoms. The Morgan fingerprint density at radius 3 is 2.94 bits per heavy atom. The van der Waals surface area contributed by atoms with Crippen molar-refractivity contribution in [3.8, 4) is 0 Å². The lowest BCUT2D eigenvalue weighted by molar-refractivity contribution is -0.131. The zero-order valence-corrected chi connectivity index (χ0v) is 9.17. The molecule has 0 aliphatic carbocycles. The second kappa shape index (κ2) is 6.25. The van der Waals surface area contributed by atoms with E-state index in [9.17, 15) is 9.18 Å². The van der Waals surface area contributed by atoms with Gasteiger partial charge in [0.2, 0.25) is 0 Å². The van der Waals surface area contributed by atoms with E-state index in [1.54, 1.807) is 6.07 Å². The normalized spacial score (nSPS) is 10.9. The number of rotatable bonds is 5. The van der Waals surface area contributed by atoms with Crippen molar-refractivity contribution in [3.05, 3.63) is 46.8 Å². The second-order valence-corrected chi connectivity index (χ2v) is 3.53. The summed E-state index contributed by atoms with van der Waals surface area (Å²) in [7, 11) is 0. The molecule has 3 nitrogen and oxygen atoms in total. The van der Waals surface area contributed by atoms with E-state index in [4.69, 9.17) is 16.7 Å². The lowest BCUT2D eigenvalue weighted by Gasteiger charge is -2.03. The minimum atomic E-state index is -0.980. The Morgan fingerprint density at radius 2 is 2.31 bits per heavy atom. The summed E-state index contributed by atoms with van der Waals surface area (Å²) >= 11 is 5.60. The molecular weight excluding hydrogens is 233 g/mol. The number of carboxylic acids is 1. The van der Waals surface area contributed by atoms with Gasteiger partial charge in [-0.1, -0.05) is 23.7 Å². The molecule has 1 aromatic rings. The Kier molecular flexibility index (Phi) is 4.95. The predicted octanol–water partition coefficient (Wildman–Crippen LogP) is 2.21. The molecular formula is C11H11ClFNO2. The van der Waals surface area contributed by atoms with Crippen molar-refractivity contribution in [3.63, 3.8) is 0 Å². The molecule has 0 amide bonds. The highest BCUT2D eigenvalue weighted by Crippen LogP contribution is 2.15. The third-order valence-corrected chi connectivity index (χ3v) is 2.13. The first kappa shape index (κ1) is 12.7. The van der Waals surface area contributed by atoms with Gasteiger partial charge in [-0.2, -0.15) is 0 Å². The fourth-order valence-corrected chi connectivity index (χ4v) is 1.31. The highest BCUT2D eigenvalue weighted by molar-refractivity contribution is 6.30. The number of nitrogens with one attached hydrogen (secondary N) is 1. The number of hydrogen-bond acceptors (Lipinski definition) is 2. The second-order valence-electron chi connectivity index (χ2n) is 3.12. The minimum absolute atomic E-state index is 0.0837. The van der Waals surface area contributed by atoms with Gasteiger partial charge in [0.25, 0.3) is 0 Å². The number of halogens is 2. The smallest absolute Gasteiger partial charge is 0.328 e. The van der Waals surface area contributed by atoms with E-state index in [-0.39, 0.29) is 5.02 Å². The van der Waals surface area contributed by atoms with Crippen molar-refractivity contribution in [2.45, 2.75) is 6.54 Å². The zero-order valence-electron chi connectivity index (χ0n) is 8.41. The lowest BCUT2D eigenvalue weighted by Crippen LogP contribution is -2.13. The Balaban J connectivity index is 2.37. The van der Waals surface area contributed by atoms with Crippen molar-refractivity contribution in [2.24, 2.45) is 0 Å². The molecule has 0 unspecified atom stereocenters. The van der Waals surface area contributed by atoms with Crippen LogP contribution >= 0.6 is 11.6 Å². The van der Waals surface area contributed by atoms with Gasteiger partial charge in [0.15, 0.2) is 0 Å². The molecule has 1 rings (SSSR count). The molecule has 0 saturated carbocycles. The summed E-state index contributed by atoms with van der Waals surface area (Å²) in [4.78, 5) is 10.1. The molecule has 0 heterocycles. The maximum absolute atomic E-state index is 12.8. The Morgan fingerprint density at radius 1 is 1.56 bits per heavy atom. The third kappa shape index (κ3) is 4.42. The van der Waals surface area contributed by atoms with Crippen LogP contribution in [0.25, 0.3) is 0 Å². The van der Waals surface area contributed by atoms with Crippen molar-refractivity contribution < 1.29 is 14.3 Å². The first-order chi connectivity index (χ1) is 7.59. The summed E-state index contributed by atoms with van der Waals surface area (Å²) in [6.07, 6.45) is 2.55. The summed E-state index contributed by atoms with van der Waals surface area (Å²) in [5.74, 6) is -1.43. The van der Waals surface area contributed by atoms with Crippen LogP contribution in [0.3, 0.4) is 0 Å². The number of carbonyl (C=O) groups is 1. The maximum Gasteiger partial charge on any atom is 0.328 e. The number of hydrogen-bond donors (Lipinski definition) is 2. The summed E-state index contributed by atoms with van der Waals surface area (Å²) < 4.78 is 12.8. The van der Waals surface area contributed by atoms with Crippen LogP contribution in [0.4, 0.5) is 4.39 Å². The third-order valence-electron chi connectivity index (χ3n) is 1.84. The minimum Gasteiger partial charge on any atom is -0.478 e. The highest BCUT2D eigenvalue weighted by atomic mass is 35.5. The Bertz CT molecular complexity index is 407. The van der Waals surface area contributed by atoms with Crippen molar-refractivity contribution in [2.75, 3.05) is 6.54 Å². The molecule has 86 valence electrons. The zero-order chi connectivity index (χ0) is 12.0. The van der Waals surface area contributed by atoms with Gasteiger partial charge in [0.1, 0.15) is 5.82 Å². The monoisotopic (exact) mass is 243 g/mol. The van der Waals surface area contributed by atoms with E-state index in [2.05, 4.69) is 5.32 Å². The Labute approximate surface area is 97.5 Å². The van der Waals surface area contributed by atoms with Gasteiger partial charge in [0.05, 0.1) is 5.02 Å². The van der Waals surface area contributed by atoms with E-state index in [0.29, 0.717) is 13.1 Å². The molecule has 0 fully saturated rings. The van der Waals surface area contributed by atoms with Gasteiger partial charge in [-0.25, -0.2) is 9.18 Å². The summed E-state index contributed by atoms with van der Waals surface area (Å²) in [5.41, 5.74) is 0.843. The molecule has 0 bridgehead atoms. The molecule has 0 aliphatic rings. The first-order valence-corrected chi connectivity index (χ1v) is 5.01. The van der Waals surface area contributed by atoms with E-state index in [1.807, 2.05) is 0 Å². The number of benzene rings is 1. The van der Waals surface area contributed by atoms with Crippen LogP contribution in [0.15, 0.2) is 30.4 Å². The van der Waals surface area contributed by atoms with Crippen LogP contribution in [-0.2, 0) is 11.3 Å². The maximum atomic E-state index is 12.8. The molecule has 0 aliphatic heterocycles. The van der Waals surface area contributed by atoms with Crippen molar-refractivity contribution in [1.29, 1.82) is 0 Å². The van der Waals surface area contributed by atoms with Crippen LogP contribution in [0.2, 0.25) is 5.02 Å². The van der Waals surface area contributed by atoms with E-state index >= 15 is 0 Å². The van der Waals surface area contributed by atoms with Crippen molar-refractivity contribution >= 4 is 17.6 Å². The van der Waals surface area contributed by atoms with Crippen LogP contribution < -0.4 is 5.32 Å². The topological polar surface area (TPSA) is 49.3 Å². The van der Waals surface area contributed by atoms with Crippen molar-refractivity contribution in [1.82, 2.24) is 5.32 Å². The quantitative estimate of drug-likeness (QED) is 0.616. The van der Waals surface area contributed by atoms with E-state index in [0.717, 1.165) is 11.6 Å².